The number of rotatable bonds is 1. The summed E-state index contributed by atoms with van der Waals surface area (Å²) in [5.41, 5.74) is 0.526. The van der Waals surface area contributed by atoms with Crippen molar-refractivity contribution in [1.29, 1.82) is 0 Å². The second kappa shape index (κ2) is 5.21. The number of hydrogen-bond acceptors (Lipinski definition) is 5. The molecule has 106 valence electrons. The Kier molecular flexibility index (Phi) is 3.80. The molecular weight excluding hydrogens is 246 g/mol. The summed E-state index contributed by atoms with van der Waals surface area (Å²) >= 11 is 0. The molecule has 1 atom stereocenters. The van der Waals surface area contributed by atoms with E-state index in [2.05, 4.69) is 10.5 Å². The summed E-state index contributed by atoms with van der Waals surface area (Å²) < 4.78 is 10.5. The molecule has 1 saturated heterocycles. The predicted molar refractivity (Wildman–Crippen MR) is 69.8 cm³/mol. The lowest BCUT2D eigenvalue weighted by Gasteiger charge is -2.34. The highest BCUT2D eigenvalue weighted by Gasteiger charge is 2.29. The van der Waals surface area contributed by atoms with Crippen LogP contribution in [0.3, 0.4) is 0 Å². The Balaban J connectivity index is 2.01. The van der Waals surface area contributed by atoms with Crippen molar-refractivity contribution in [3.63, 3.8) is 0 Å². The first-order valence-electron chi connectivity index (χ1n) is 6.49. The van der Waals surface area contributed by atoms with Crippen molar-refractivity contribution >= 4 is 6.09 Å². The predicted octanol–water partition coefficient (Wildman–Crippen LogP) is 1.86. The summed E-state index contributed by atoms with van der Waals surface area (Å²) in [7, 11) is 0. The number of carbonyl (C=O) groups is 1. The number of ether oxygens (including phenoxy) is 1. The molecule has 1 amide bonds. The van der Waals surface area contributed by atoms with E-state index in [1.807, 2.05) is 27.7 Å². The Labute approximate surface area is 113 Å². The monoisotopic (exact) mass is 267 g/mol. The first-order valence-corrected chi connectivity index (χ1v) is 6.49. The van der Waals surface area contributed by atoms with Gasteiger partial charge < -0.3 is 19.5 Å². The average molecular weight is 267 g/mol. The van der Waals surface area contributed by atoms with Crippen LogP contribution in [-0.4, -0.2) is 41.4 Å². The van der Waals surface area contributed by atoms with Crippen LogP contribution in [0.15, 0.2) is 10.7 Å². The van der Waals surface area contributed by atoms with Crippen LogP contribution < -0.4 is 5.32 Å². The Bertz CT molecular complexity index is 450. The van der Waals surface area contributed by atoms with E-state index in [1.54, 1.807) is 11.1 Å². The quantitative estimate of drug-likeness (QED) is 0.841. The number of aryl methyl sites for hydroxylation is 1. The molecule has 6 nitrogen and oxygen atoms in total. The Morgan fingerprint density at radius 2 is 2.32 bits per heavy atom. The van der Waals surface area contributed by atoms with Crippen LogP contribution in [0, 0.1) is 6.92 Å². The van der Waals surface area contributed by atoms with Crippen LogP contribution in [0.1, 0.15) is 38.1 Å². The molecule has 1 aliphatic heterocycles. The van der Waals surface area contributed by atoms with Gasteiger partial charge in [0.15, 0.2) is 0 Å². The van der Waals surface area contributed by atoms with E-state index >= 15 is 0 Å². The normalized spacial score (nSPS) is 20.4. The topological polar surface area (TPSA) is 67.6 Å². The summed E-state index contributed by atoms with van der Waals surface area (Å²) in [5, 5.41) is 7.14. The lowest BCUT2D eigenvalue weighted by molar-refractivity contribution is 0.0194. The zero-order chi connectivity index (χ0) is 14.0. The highest BCUT2D eigenvalue weighted by molar-refractivity contribution is 5.68. The molecule has 6 heteroatoms. The van der Waals surface area contributed by atoms with E-state index in [1.165, 1.54) is 0 Å². The van der Waals surface area contributed by atoms with Gasteiger partial charge in [0.1, 0.15) is 11.4 Å². The number of carbonyl (C=O) groups excluding carboxylic acids is 1. The van der Waals surface area contributed by atoms with Crippen molar-refractivity contribution in [2.75, 3.05) is 19.6 Å². The van der Waals surface area contributed by atoms with E-state index < -0.39 is 5.60 Å². The maximum atomic E-state index is 12.1. The van der Waals surface area contributed by atoms with Crippen LogP contribution in [0.5, 0.6) is 0 Å². The number of hydrogen-bond donors (Lipinski definition) is 1. The fraction of sp³-hybridized carbons (Fsp3) is 0.692. The number of piperazine rings is 1. The summed E-state index contributed by atoms with van der Waals surface area (Å²) in [6, 6.07) is 0.0486. The van der Waals surface area contributed by atoms with Gasteiger partial charge in [0.2, 0.25) is 0 Å². The van der Waals surface area contributed by atoms with E-state index in [0.717, 1.165) is 17.9 Å². The molecule has 2 rings (SSSR count). The SMILES string of the molecule is Cc1oncc1C1CN(C(=O)OC(C)(C)C)CCN1. The molecule has 1 aliphatic rings. The van der Waals surface area contributed by atoms with Crippen molar-refractivity contribution in [2.45, 2.75) is 39.3 Å². The van der Waals surface area contributed by atoms with Gasteiger partial charge >= 0.3 is 6.09 Å². The summed E-state index contributed by atoms with van der Waals surface area (Å²) in [6.07, 6.45) is 1.43. The van der Waals surface area contributed by atoms with E-state index in [9.17, 15) is 4.79 Å². The van der Waals surface area contributed by atoms with Crippen LogP contribution >= 0.6 is 0 Å². The fourth-order valence-corrected chi connectivity index (χ4v) is 2.09. The molecule has 1 aromatic rings. The molecule has 2 heterocycles. The molecule has 0 saturated carbocycles. The summed E-state index contributed by atoms with van der Waals surface area (Å²) in [5.74, 6) is 0.781. The lowest BCUT2D eigenvalue weighted by Crippen LogP contribution is -2.49. The van der Waals surface area contributed by atoms with E-state index in [-0.39, 0.29) is 12.1 Å². The van der Waals surface area contributed by atoms with Crippen molar-refractivity contribution in [3.8, 4) is 0 Å². The molecule has 1 fully saturated rings. The first-order chi connectivity index (χ1) is 8.87. The minimum absolute atomic E-state index is 0.0486. The Morgan fingerprint density at radius 1 is 1.58 bits per heavy atom. The third-order valence-corrected chi connectivity index (χ3v) is 2.99. The molecule has 1 aromatic heterocycles. The second-order valence-electron chi connectivity index (χ2n) is 5.77. The van der Waals surface area contributed by atoms with Crippen LogP contribution in [0.2, 0.25) is 0 Å². The molecule has 1 N–H and O–H groups in total. The van der Waals surface area contributed by atoms with Gasteiger partial charge in [-0.05, 0) is 27.7 Å². The van der Waals surface area contributed by atoms with Crippen molar-refractivity contribution in [2.24, 2.45) is 0 Å². The van der Waals surface area contributed by atoms with Gasteiger partial charge in [-0.1, -0.05) is 5.16 Å². The van der Waals surface area contributed by atoms with Gasteiger partial charge in [-0.2, -0.15) is 0 Å². The Hall–Kier alpha value is -1.56. The molecule has 0 aliphatic carbocycles. The van der Waals surface area contributed by atoms with Gasteiger partial charge in [-0.15, -0.1) is 0 Å². The fourth-order valence-electron chi connectivity index (χ4n) is 2.09. The molecule has 1 unspecified atom stereocenters. The molecule has 0 spiro atoms. The molecule has 0 bridgehead atoms. The van der Waals surface area contributed by atoms with Gasteiger partial charge in [-0.25, -0.2) is 4.79 Å². The molecule has 0 radical (unpaired) electrons. The third kappa shape index (κ3) is 3.47. The largest absolute Gasteiger partial charge is 0.444 e. The molecule has 19 heavy (non-hydrogen) atoms. The van der Waals surface area contributed by atoms with Crippen LogP contribution in [-0.2, 0) is 4.74 Å². The van der Waals surface area contributed by atoms with E-state index in [0.29, 0.717) is 13.1 Å². The Morgan fingerprint density at radius 3 is 2.89 bits per heavy atom. The van der Waals surface area contributed by atoms with Crippen LogP contribution in [0.25, 0.3) is 0 Å². The number of nitrogens with one attached hydrogen (secondary N) is 1. The number of nitrogens with zero attached hydrogens (tertiary/aromatic N) is 2. The molecular formula is C13H21N3O3. The molecule has 0 aromatic carbocycles. The van der Waals surface area contributed by atoms with Gasteiger partial charge in [0.25, 0.3) is 0 Å². The average Bonchev–Trinajstić information content (AvgIpc) is 2.73. The smallest absolute Gasteiger partial charge is 0.410 e. The summed E-state index contributed by atoms with van der Waals surface area (Å²) in [6.45, 7) is 9.43. The van der Waals surface area contributed by atoms with Crippen molar-refractivity contribution < 1.29 is 14.1 Å². The van der Waals surface area contributed by atoms with Crippen LogP contribution in [0.4, 0.5) is 4.79 Å². The van der Waals surface area contributed by atoms with Crippen molar-refractivity contribution in [3.05, 3.63) is 17.5 Å². The first kappa shape index (κ1) is 13.9. The van der Waals surface area contributed by atoms with E-state index in [4.69, 9.17) is 9.26 Å². The third-order valence-electron chi connectivity index (χ3n) is 2.99. The minimum Gasteiger partial charge on any atom is -0.444 e. The zero-order valence-corrected chi connectivity index (χ0v) is 11.9. The maximum absolute atomic E-state index is 12.1. The second-order valence-corrected chi connectivity index (χ2v) is 5.77. The minimum atomic E-state index is -0.468. The number of aromatic nitrogens is 1. The van der Waals surface area contributed by atoms with Gasteiger partial charge in [0.05, 0.1) is 12.2 Å². The highest BCUT2D eigenvalue weighted by Crippen LogP contribution is 2.21. The highest BCUT2D eigenvalue weighted by atomic mass is 16.6. The summed E-state index contributed by atoms with van der Waals surface area (Å²) in [4.78, 5) is 13.8. The lowest BCUT2D eigenvalue weighted by atomic mass is 10.1. The number of amides is 1. The van der Waals surface area contributed by atoms with Gasteiger partial charge in [0, 0.05) is 25.2 Å². The standard InChI is InChI=1S/C13H21N3O3/c1-9-10(7-15-19-9)11-8-16(6-5-14-11)12(17)18-13(2,3)4/h7,11,14H,5-6,8H2,1-4H3. The zero-order valence-electron chi connectivity index (χ0n) is 11.9. The maximum Gasteiger partial charge on any atom is 0.410 e. The van der Waals surface area contributed by atoms with Gasteiger partial charge in [-0.3, -0.25) is 0 Å². The van der Waals surface area contributed by atoms with Crippen molar-refractivity contribution in [1.82, 2.24) is 15.4 Å².